The van der Waals surface area contributed by atoms with E-state index >= 15 is 0 Å². The highest BCUT2D eigenvalue weighted by atomic mass is 32.2. The average Bonchev–Trinajstić information content (AvgIpc) is 3.58. The molecular weight excluding hydrogens is 490 g/mol. The lowest BCUT2D eigenvalue weighted by molar-refractivity contribution is -0.151. The second kappa shape index (κ2) is 11.7. The van der Waals surface area contributed by atoms with Gasteiger partial charge in [0.1, 0.15) is 16.9 Å². The number of methoxy groups -OCH3 is 1. The summed E-state index contributed by atoms with van der Waals surface area (Å²) in [6, 6.07) is 3.39. The van der Waals surface area contributed by atoms with E-state index in [0.717, 1.165) is 18.4 Å². The van der Waals surface area contributed by atoms with E-state index in [4.69, 9.17) is 18.4 Å². The van der Waals surface area contributed by atoms with Crippen molar-refractivity contribution in [3.05, 3.63) is 17.8 Å². The van der Waals surface area contributed by atoms with E-state index in [1.165, 1.54) is 0 Å². The number of rotatable bonds is 14. The van der Waals surface area contributed by atoms with Crippen LogP contribution in [0.2, 0.25) is 0 Å². The first-order chi connectivity index (χ1) is 17.1. The van der Waals surface area contributed by atoms with Gasteiger partial charge < -0.3 is 24.4 Å². The van der Waals surface area contributed by atoms with Crippen molar-refractivity contribution in [1.82, 2.24) is 10.3 Å². The Morgan fingerprint density at radius 3 is 2.39 bits per heavy atom. The van der Waals surface area contributed by atoms with E-state index in [1.807, 2.05) is 13.8 Å². The molecular formula is C24H37N3O8S. The molecule has 2 aliphatic rings. The summed E-state index contributed by atoms with van der Waals surface area (Å²) < 4.78 is 44.0. The Kier molecular flexibility index (Phi) is 9.18. The van der Waals surface area contributed by atoms with Gasteiger partial charge in [0, 0.05) is 20.2 Å². The van der Waals surface area contributed by atoms with E-state index in [2.05, 4.69) is 15.2 Å². The lowest BCUT2D eigenvalue weighted by atomic mass is 9.92. The van der Waals surface area contributed by atoms with Gasteiger partial charge >= 0.3 is 5.97 Å². The lowest BCUT2D eigenvalue weighted by Crippen LogP contribution is -2.54. The number of pyridine rings is 1. The Morgan fingerprint density at radius 1 is 1.14 bits per heavy atom. The fraction of sp³-hybridized carbons (Fsp3) is 0.708. The molecule has 0 aromatic carbocycles. The molecule has 2 atom stereocenters. The monoisotopic (exact) mass is 527 g/mol. The number of aromatic nitrogens is 1. The molecule has 2 heterocycles. The van der Waals surface area contributed by atoms with Crippen LogP contribution in [0.15, 0.2) is 12.1 Å². The molecule has 1 unspecified atom stereocenters. The van der Waals surface area contributed by atoms with Gasteiger partial charge in [0.2, 0.25) is 5.88 Å². The zero-order valence-electron chi connectivity index (χ0n) is 21.6. The molecule has 1 N–H and O–H groups in total. The molecule has 2 fully saturated rings. The SMILES string of the molecule is CCOC(=O)C(CC)(CC)NC(=O)c1ccc(N2CC(OC)C2)c(OCC2C[C@@H]2COS(C)(=O)=O)n1. The van der Waals surface area contributed by atoms with Crippen molar-refractivity contribution >= 4 is 27.7 Å². The van der Waals surface area contributed by atoms with Gasteiger partial charge in [-0.15, -0.1) is 0 Å². The van der Waals surface area contributed by atoms with Gasteiger partial charge in [0.25, 0.3) is 16.0 Å². The maximum absolute atomic E-state index is 13.1. The molecule has 1 saturated heterocycles. The fourth-order valence-electron chi connectivity index (χ4n) is 4.12. The lowest BCUT2D eigenvalue weighted by Gasteiger charge is -2.40. The van der Waals surface area contributed by atoms with Crippen molar-refractivity contribution in [3.8, 4) is 5.88 Å². The number of hydrogen-bond acceptors (Lipinski definition) is 10. The topological polar surface area (TPSA) is 133 Å². The molecule has 3 rings (SSSR count). The summed E-state index contributed by atoms with van der Waals surface area (Å²) >= 11 is 0. The van der Waals surface area contributed by atoms with E-state index in [-0.39, 0.29) is 36.8 Å². The van der Waals surface area contributed by atoms with Crippen LogP contribution in [0.1, 0.15) is 50.5 Å². The van der Waals surface area contributed by atoms with Crippen LogP contribution in [0, 0.1) is 11.8 Å². The van der Waals surface area contributed by atoms with Crippen molar-refractivity contribution in [2.75, 3.05) is 51.2 Å². The molecule has 36 heavy (non-hydrogen) atoms. The molecule has 1 aliphatic heterocycles. The Labute approximate surface area is 212 Å². The molecule has 0 bridgehead atoms. The Hall–Kier alpha value is -2.44. The summed E-state index contributed by atoms with van der Waals surface area (Å²) in [5.74, 6) is -0.429. The zero-order chi connectivity index (χ0) is 26.5. The van der Waals surface area contributed by atoms with Crippen LogP contribution in [0.4, 0.5) is 5.69 Å². The van der Waals surface area contributed by atoms with Crippen LogP contribution in [-0.2, 0) is 28.6 Å². The van der Waals surface area contributed by atoms with Crippen LogP contribution < -0.4 is 15.0 Å². The average molecular weight is 528 g/mol. The number of nitrogens with one attached hydrogen (secondary N) is 1. The summed E-state index contributed by atoms with van der Waals surface area (Å²) in [6.07, 6.45) is 2.68. The van der Waals surface area contributed by atoms with Crippen LogP contribution in [0.25, 0.3) is 0 Å². The van der Waals surface area contributed by atoms with Crippen molar-refractivity contribution in [2.45, 2.75) is 51.7 Å². The van der Waals surface area contributed by atoms with Gasteiger partial charge in [0.05, 0.1) is 32.2 Å². The predicted molar refractivity (Wildman–Crippen MR) is 133 cm³/mol. The highest BCUT2D eigenvalue weighted by molar-refractivity contribution is 7.85. The Morgan fingerprint density at radius 2 is 1.81 bits per heavy atom. The molecule has 0 spiro atoms. The number of ether oxygens (including phenoxy) is 3. The number of esters is 1. The number of hydrogen-bond donors (Lipinski definition) is 1. The van der Waals surface area contributed by atoms with E-state index in [1.54, 1.807) is 26.2 Å². The summed E-state index contributed by atoms with van der Waals surface area (Å²) in [4.78, 5) is 32.3. The van der Waals surface area contributed by atoms with Gasteiger partial charge in [-0.05, 0) is 50.2 Å². The van der Waals surface area contributed by atoms with Crippen LogP contribution in [0.5, 0.6) is 5.88 Å². The third-order valence-electron chi connectivity index (χ3n) is 6.82. The van der Waals surface area contributed by atoms with Gasteiger partial charge in [-0.2, -0.15) is 8.42 Å². The maximum atomic E-state index is 13.1. The maximum Gasteiger partial charge on any atom is 0.331 e. The van der Waals surface area contributed by atoms with E-state index in [0.29, 0.717) is 38.4 Å². The standard InChI is InChI=1S/C24H37N3O8S/c1-6-24(7-2,23(29)33-8-3)26-21(28)19-9-10-20(27-12-18(13-27)32-4)22(25-19)34-14-16-11-17(16)15-35-36(5,30)31/h9-10,16-18H,6-8,11-15H2,1-5H3,(H,26,28)/t16?,17-/m1/s1. The molecule has 1 aromatic heterocycles. The third kappa shape index (κ3) is 6.86. The number of carbonyl (C=O) groups excluding carboxylic acids is 2. The molecule has 1 aromatic rings. The van der Waals surface area contributed by atoms with Crippen molar-refractivity contribution < 1.29 is 36.4 Å². The van der Waals surface area contributed by atoms with Gasteiger partial charge in [-0.25, -0.2) is 9.78 Å². The highest BCUT2D eigenvalue weighted by Crippen LogP contribution is 2.40. The molecule has 1 amide bonds. The first-order valence-electron chi connectivity index (χ1n) is 12.3. The molecule has 11 nitrogen and oxygen atoms in total. The second-order valence-corrected chi connectivity index (χ2v) is 10.9. The molecule has 202 valence electrons. The van der Waals surface area contributed by atoms with Crippen LogP contribution >= 0.6 is 0 Å². The Bertz CT molecular complexity index is 1040. The number of amides is 1. The van der Waals surface area contributed by atoms with Gasteiger partial charge in [0.15, 0.2) is 0 Å². The molecule has 1 saturated carbocycles. The Balaban J connectivity index is 1.74. The van der Waals surface area contributed by atoms with Crippen LogP contribution in [0.3, 0.4) is 0 Å². The largest absolute Gasteiger partial charge is 0.476 e. The molecule has 12 heteroatoms. The summed E-state index contributed by atoms with van der Waals surface area (Å²) in [7, 11) is -1.82. The number of carbonyl (C=O) groups is 2. The number of nitrogens with zero attached hydrogens (tertiary/aromatic N) is 2. The first kappa shape index (κ1) is 28.1. The van der Waals surface area contributed by atoms with Gasteiger partial charge in [-0.3, -0.25) is 8.98 Å². The van der Waals surface area contributed by atoms with Crippen molar-refractivity contribution in [2.24, 2.45) is 11.8 Å². The minimum absolute atomic E-state index is 0.0934. The predicted octanol–water partition coefficient (Wildman–Crippen LogP) is 1.76. The third-order valence-corrected chi connectivity index (χ3v) is 7.38. The minimum Gasteiger partial charge on any atom is -0.476 e. The molecule has 1 aliphatic carbocycles. The first-order valence-corrected chi connectivity index (χ1v) is 14.1. The van der Waals surface area contributed by atoms with E-state index < -0.39 is 27.5 Å². The van der Waals surface area contributed by atoms with Crippen molar-refractivity contribution in [3.63, 3.8) is 0 Å². The van der Waals surface area contributed by atoms with Crippen LogP contribution in [-0.4, -0.2) is 83.2 Å². The summed E-state index contributed by atoms with van der Waals surface area (Å²) in [5.41, 5.74) is -0.272. The normalized spacial score (nSPS) is 20.0. The van der Waals surface area contributed by atoms with Crippen molar-refractivity contribution in [1.29, 1.82) is 0 Å². The fourth-order valence-corrected chi connectivity index (χ4v) is 4.54. The minimum atomic E-state index is -3.48. The van der Waals surface area contributed by atoms with E-state index in [9.17, 15) is 18.0 Å². The quantitative estimate of drug-likeness (QED) is 0.282. The number of anilines is 1. The second-order valence-electron chi connectivity index (χ2n) is 9.30. The summed E-state index contributed by atoms with van der Waals surface area (Å²) in [5, 5.41) is 2.83. The van der Waals surface area contributed by atoms with Gasteiger partial charge in [-0.1, -0.05) is 13.8 Å². The smallest absolute Gasteiger partial charge is 0.331 e. The molecule has 0 radical (unpaired) electrons. The zero-order valence-corrected chi connectivity index (χ0v) is 22.4. The highest BCUT2D eigenvalue weighted by Gasteiger charge is 2.40. The summed E-state index contributed by atoms with van der Waals surface area (Å²) in [6.45, 7) is 7.38.